The summed E-state index contributed by atoms with van der Waals surface area (Å²) in [6.07, 6.45) is 6.81. The quantitative estimate of drug-likeness (QED) is 0.859. The van der Waals surface area contributed by atoms with E-state index in [1.54, 1.807) is 41.5 Å². The SMILES string of the molecule is CCn1cc(NCc2cnccn2)ccc1=O. The third kappa shape index (κ3) is 2.90. The Balaban J connectivity index is 2.07. The molecule has 0 saturated heterocycles. The maximum atomic E-state index is 11.4. The molecular weight excluding hydrogens is 216 g/mol. The molecule has 0 aliphatic carbocycles. The van der Waals surface area contributed by atoms with Gasteiger partial charge in [-0.05, 0) is 13.0 Å². The highest BCUT2D eigenvalue weighted by Crippen LogP contribution is 2.04. The van der Waals surface area contributed by atoms with E-state index in [4.69, 9.17) is 0 Å². The van der Waals surface area contributed by atoms with Crippen LogP contribution in [0.4, 0.5) is 5.69 Å². The lowest BCUT2D eigenvalue weighted by Crippen LogP contribution is -2.17. The fraction of sp³-hybridized carbons (Fsp3) is 0.250. The third-order valence-corrected chi connectivity index (χ3v) is 2.41. The van der Waals surface area contributed by atoms with Crippen LogP contribution < -0.4 is 10.9 Å². The molecule has 0 bridgehead atoms. The van der Waals surface area contributed by atoms with Crippen molar-refractivity contribution in [2.24, 2.45) is 0 Å². The van der Waals surface area contributed by atoms with Gasteiger partial charge < -0.3 is 9.88 Å². The first-order valence-electron chi connectivity index (χ1n) is 5.49. The Bertz CT molecular complexity index is 536. The van der Waals surface area contributed by atoms with Gasteiger partial charge in [-0.15, -0.1) is 0 Å². The number of rotatable bonds is 4. The average Bonchev–Trinajstić information content (AvgIpc) is 2.39. The lowest BCUT2D eigenvalue weighted by molar-refractivity contribution is 0.727. The molecule has 2 rings (SSSR count). The van der Waals surface area contributed by atoms with E-state index in [1.165, 1.54) is 0 Å². The van der Waals surface area contributed by atoms with E-state index in [0.29, 0.717) is 13.1 Å². The first-order valence-corrected chi connectivity index (χ1v) is 5.49. The van der Waals surface area contributed by atoms with Gasteiger partial charge in [0.05, 0.1) is 24.1 Å². The summed E-state index contributed by atoms with van der Waals surface area (Å²) < 4.78 is 1.65. The highest BCUT2D eigenvalue weighted by atomic mass is 16.1. The maximum Gasteiger partial charge on any atom is 0.250 e. The summed E-state index contributed by atoms with van der Waals surface area (Å²) in [5, 5.41) is 3.20. The van der Waals surface area contributed by atoms with Crippen molar-refractivity contribution >= 4 is 5.69 Å². The highest BCUT2D eigenvalue weighted by Gasteiger charge is 1.97. The van der Waals surface area contributed by atoms with Gasteiger partial charge in [0.25, 0.3) is 5.56 Å². The van der Waals surface area contributed by atoms with Crippen LogP contribution in [0.5, 0.6) is 0 Å². The van der Waals surface area contributed by atoms with Crippen molar-refractivity contribution < 1.29 is 0 Å². The summed E-state index contributed by atoms with van der Waals surface area (Å²) in [4.78, 5) is 19.5. The van der Waals surface area contributed by atoms with Crippen molar-refractivity contribution in [2.75, 3.05) is 5.32 Å². The topological polar surface area (TPSA) is 59.8 Å². The molecule has 0 radical (unpaired) electrons. The van der Waals surface area contributed by atoms with E-state index in [1.807, 2.05) is 6.92 Å². The smallest absolute Gasteiger partial charge is 0.250 e. The van der Waals surface area contributed by atoms with E-state index in [-0.39, 0.29) is 5.56 Å². The molecular formula is C12H14N4O. The molecule has 0 atom stereocenters. The van der Waals surface area contributed by atoms with Crippen molar-refractivity contribution in [3.63, 3.8) is 0 Å². The minimum absolute atomic E-state index is 0.0116. The second kappa shape index (κ2) is 5.25. The lowest BCUT2D eigenvalue weighted by Gasteiger charge is -2.08. The second-order valence-electron chi connectivity index (χ2n) is 3.59. The number of anilines is 1. The van der Waals surface area contributed by atoms with Crippen LogP contribution in [-0.2, 0) is 13.1 Å². The Morgan fingerprint density at radius 2 is 2.24 bits per heavy atom. The van der Waals surface area contributed by atoms with Gasteiger partial charge in [-0.3, -0.25) is 14.8 Å². The molecule has 0 aliphatic rings. The standard InChI is InChI=1S/C12H14N4O/c1-2-16-9-10(3-4-12(16)17)15-8-11-7-13-5-6-14-11/h3-7,9,15H,2,8H2,1H3. The van der Waals surface area contributed by atoms with E-state index < -0.39 is 0 Å². The molecule has 0 aromatic carbocycles. The van der Waals surface area contributed by atoms with Gasteiger partial charge in [0.15, 0.2) is 0 Å². The summed E-state index contributed by atoms with van der Waals surface area (Å²) in [6, 6.07) is 3.33. The van der Waals surface area contributed by atoms with Gasteiger partial charge >= 0.3 is 0 Å². The molecule has 1 N–H and O–H groups in total. The summed E-state index contributed by atoms with van der Waals surface area (Å²) in [5.74, 6) is 0. The number of hydrogen-bond donors (Lipinski definition) is 1. The highest BCUT2D eigenvalue weighted by molar-refractivity contribution is 5.40. The zero-order valence-corrected chi connectivity index (χ0v) is 9.63. The third-order valence-electron chi connectivity index (χ3n) is 2.41. The monoisotopic (exact) mass is 230 g/mol. The number of hydrogen-bond acceptors (Lipinski definition) is 4. The fourth-order valence-electron chi connectivity index (χ4n) is 1.50. The van der Waals surface area contributed by atoms with E-state index in [0.717, 1.165) is 11.4 Å². The first-order chi connectivity index (χ1) is 8.29. The summed E-state index contributed by atoms with van der Waals surface area (Å²) in [5.41, 5.74) is 1.77. The molecule has 88 valence electrons. The van der Waals surface area contributed by atoms with Crippen molar-refractivity contribution in [3.8, 4) is 0 Å². The van der Waals surface area contributed by atoms with Crippen LogP contribution in [0.1, 0.15) is 12.6 Å². The normalized spacial score (nSPS) is 10.2. The molecule has 5 nitrogen and oxygen atoms in total. The molecule has 0 amide bonds. The molecule has 0 saturated carbocycles. The zero-order chi connectivity index (χ0) is 12.1. The second-order valence-corrected chi connectivity index (χ2v) is 3.59. The molecule has 2 aromatic heterocycles. The van der Waals surface area contributed by atoms with Crippen LogP contribution >= 0.6 is 0 Å². The van der Waals surface area contributed by atoms with E-state index in [9.17, 15) is 4.79 Å². The van der Waals surface area contributed by atoms with Crippen LogP contribution in [0.25, 0.3) is 0 Å². The van der Waals surface area contributed by atoms with Gasteiger partial charge in [-0.25, -0.2) is 0 Å². The lowest BCUT2D eigenvalue weighted by atomic mass is 10.3. The average molecular weight is 230 g/mol. The van der Waals surface area contributed by atoms with Crippen LogP contribution in [-0.4, -0.2) is 14.5 Å². The van der Waals surface area contributed by atoms with Crippen LogP contribution in [0.15, 0.2) is 41.7 Å². The van der Waals surface area contributed by atoms with Crippen LogP contribution in [0.2, 0.25) is 0 Å². The number of pyridine rings is 1. The summed E-state index contributed by atoms with van der Waals surface area (Å²) in [7, 11) is 0. The van der Waals surface area contributed by atoms with Crippen LogP contribution in [0.3, 0.4) is 0 Å². The Morgan fingerprint density at radius 3 is 2.94 bits per heavy atom. The Hall–Kier alpha value is -2.17. The molecule has 0 fully saturated rings. The molecule has 17 heavy (non-hydrogen) atoms. The predicted molar refractivity (Wildman–Crippen MR) is 65.7 cm³/mol. The van der Waals surface area contributed by atoms with E-state index in [2.05, 4.69) is 15.3 Å². The number of aryl methyl sites for hydroxylation is 1. The zero-order valence-electron chi connectivity index (χ0n) is 9.63. The molecule has 0 spiro atoms. The largest absolute Gasteiger partial charge is 0.378 e. The minimum atomic E-state index is 0.0116. The first kappa shape index (κ1) is 11.3. The van der Waals surface area contributed by atoms with Gasteiger partial charge in [-0.2, -0.15) is 0 Å². The maximum absolute atomic E-state index is 11.4. The van der Waals surface area contributed by atoms with Crippen molar-refractivity contribution in [2.45, 2.75) is 20.0 Å². The molecule has 5 heteroatoms. The Labute approximate surface area is 99.2 Å². The van der Waals surface area contributed by atoms with Crippen molar-refractivity contribution in [1.29, 1.82) is 0 Å². The minimum Gasteiger partial charge on any atom is -0.378 e. The van der Waals surface area contributed by atoms with Crippen LogP contribution in [0, 0.1) is 0 Å². The predicted octanol–water partition coefficient (Wildman–Crippen LogP) is 1.27. The number of aromatic nitrogens is 3. The fourth-order valence-corrected chi connectivity index (χ4v) is 1.50. The van der Waals surface area contributed by atoms with Gasteiger partial charge in [0.2, 0.25) is 0 Å². The van der Waals surface area contributed by atoms with Gasteiger partial charge in [-0.1, -0.05) is 0 Å². The molecule has 0 aliphatic heterocycles. The number of nitrogens with zero attached hydrogens (tertiary/aromatic N) is 3. The van der Waals surface area contributed by atoms with Crippen molar-refractivity contribution in [1.82, 2.24) is 14.5 Å². The summed E-state index contributed by atoms with van der Waals surface area (Å²) in [6.45, 7) is 3.20. The van der Waals surface area contributed by atoms with E-state index >= 15 is 0 Å². The Morgan fingerprint density at radius 1 is 1.35 bits per heavy atom. The summed E-state index contributed by atoms with van der Waals surface area (Å²) >= 11 is 0. The molecule has 0 unspecified atom stereocenters. The molecule has 2 heterocycles. The Kier molecular flexibility index (Phi) is 3.49. The van der Waals surface area contributed by atoms with Crippen molar-refractivity contribution in [3.05, 3.63) is 53.0 Å². The van der Waals surface area contributed by atoms with Gasteiger partial charge in [0.1, 0.15) is 0 Å². The number of nitrogens with one attached hydrogen (secondary N) is 1. The molecule has 2 aromatic rings. The van der Waals surface area contributed by atoms with Gasteiger partial charge in [0, 0.05) is 31.2 Å².